The largest absolute Gasteiger partial charge is 0.497 e. The number of carbonyl (C=O) groups is 2. The number of nitrogens with one attached hydrogen (secondary N) is 1. The van der Waals surface area contributed by atoms with E-state index in [0.29, 0.717) is 17.7 Å². The van der Waals surface area contributed by atoms with Gasteiger partial charge in [0.1, 0.15) is 11.8 Å². The van der Waals surface area contributed by atoms with E-state index >= 15 is 0 Å². The zero-order valence-electron chi connectivity index (χ0n) is 12.3. The summed E-state index contributed by atoms with van der Waals surface area (Å²) in [5.41, 5.74) is 0.475. The van der Waals surface area contributed by atoms with Gasteiger partial charge < -0.3 is 14.8 Å². The molecule has 1 aromatic rings. The van der Waals surface area contributed by atoms with Crippen LogP contribution in [0.4, 0.5) is 0 Å². The highest BCUT2D eigenvalue weighted by atomic mass is 16.5. The summed E-state index contributed by atoms with van der Waals surface area (Å²) in [5, 5.41) is 2.70. The van der Waals surface area contributed by atoms with Crippen LogP contribution in [-0.4, -0.2) is 32.1 Å². The number of esters is 1. The van der Waals surface area contributed by atoms with Crippen LogP contribution in [0.3, 0.4) is 0 Å². The molecule has 0 fully saturated rings. The Morgan fingerprint density at radius 1 is 1.15 bits per heavy atom. The Kier molecular flexibility index (Phi) is 6.03. The summed E-state index contributed by atoms with van der Waals surface area (Å²) in [7, 11) is 2.88. The molecule has 0 saturated carbocycles. The van der Waals surface area contributed by atoms with E-state index < -0.39 is 12.0 Å². The maximum atomic E-state index is 12.1. The van der Waals surface area contributed by atoms with Gasteiger partial charge in [0.05, 0.1) is 14.2 Å². The maximum Gasteiger partial charge on any atom is 0.328 e. The average molecular weight is 279 g/mol. The van der Waals surface area contributed by atoms with Crippen molar-refractivity contribution >= 4 is 11.9 Å². The minimum absolute atomic E-state index is 0.273. The fraction of sp³-hybridized carbons (Fsp3) is 0.467. The van der Waals surface area contributed by atoms with E-state index in [4.69, 9.17) is 9.47 Å². The molecule has 0 radical (unpaired) electrons. The smallest absolute Gasteiger partial charge is 0.328 e. The van der Waals surface area contributed by atoms with Crippen LogP contribution in [0.25, 0.3) is 0 Å². The molecule has 0 heterocycles. The topological polar surface area (TPSA) is 64.6 Å². The molecule has 0 saturated heterocycles. The molecule has 0 aromatic heterocycles. The minimum atomic E-state index is -0.630. The summed E-state index contributed by atoms with van der Waals surface area (Å²) in [6, 6.07) is 6.07. The van der Waals surface area contributed by atoms with Crippen molar-refractivity contribution in [2.45, 2.75) is 26.3 Å². The van der Waals surface area contributed by atoms with Gasteiger partial charge in [0.25, 0.3) is 5.91 Å². The fourth-order valence-corrected chi connectivity index (χ4v) is 1.81. The van der Waals surface area contributed by atoms with Gasteiger partial charge in [-0.1, -0.05) is 13.8 Å². The number of ether oxygens (including phenoxy) is 2. The van der Waals surface area contributed by atoms with Crippen LogP contribution in [0, 0.1) is 5.92 Å². The molecule has 110 valence electrons. The molecule has 1 atom stereocenters. The number of hydrogen-bond donors (Lipinski definition) is 1. The summed E-state index contributed by atoms with van der Waals surface area (Å²) >= 11 is 0. The molecule has 0 spiro atoms. The number of methoxy groups -OCH3 is 2. The van der Waals surface area contributed by atoms with E-state index in [9.17, 15) is 9.59 Å². The van der Waals surface area contributed by atoms with Crippen LogP contribution >= 0.6 is 0 Å². The zero-order valence-corrected chi connectivity index (χ0v) is 12.3. The third-order valence-electron chi connectivity index (χ3n) is 2.85. The second kappa shape index (κ2) is 7.53. The summed E-state index contributed by atoms with van der Waals surface area (Å²) in [6.45, 7) is 3.96. The third kappa shape index (κ3) is 4.57. The minimum Gasteiger partial charge on any atom is -0.497 e. The van der Waals surface area contributed by atoms with Crippen molar-refractivity contribution in [3.8, 4) is 5.75 Å². The molecule has 0 aliphatic carbocycles. The van der Waals surface area contributed by atoms with E-state index in [0.717, 1.165) is 0 Å². The Morgan fingerprint density at radius 3 is 2.20 bits per heavy atom. The Morgan fingerprint density at radius 2 is 1.75 bits per heavy atom. The van der Waals surface area contributed by atoms with E-state index in [1.54, 1.807) is 31.4 Å². The predicted octanol–water partition coefficient (Wildman–Crippen LogP) is 2.01. The van der Waals surface area contributed by atoms with Crippen molar-refractivity contribution in [2.24, 2.45) is 5.92 Å². The van der Waals surface area contributed by atoms with Gasteiger partial charge in [-0.3, -0.25) is 4.79 Å². The van der Waals surface area contributed by atoms with Gasteiger partial charge in [-0.25, -0.2) is 4.79 Å². The van der Waals surface area contributed by atoms with Gasteiger partial charge >= 0.3 is 5.97 Å². The van der Waals surface area contributed by atoms with Crippen molar-refractivity contribution in [2.75, 3.05) is 14.2 Å². The Balaban J connectivity index is 2.76. The molecular weight excluding hydrogens is 258 g/mol. The van der Waals surface area contributed by atoms with E-state index in [1.165, 1.54) is 7.11 Å². The average Bonchev–Trinajstić information content (AvgIpc) is 2.45. The molecule has 5 heteroatoms. The molecule has 20 heavy (non-hydrogen) atoms. The quantitative estimate of drug-likeness (QED) is 0.809. The normalized spacial score (nSPS) is 11.8. The first-order valence-corrected chi connectivity index (χ1v) is 6.50. The van der Waals surface area contributed by atoms with Gasteiger partial charge in [-0.2, -0.15) is 0 Å². The number of amides is 1. The van der Waals surface area contributed by atoms with Crippen LogP contribution in [-0.2, 0) is 9.53 Å². The monoisotopic (exact) mass is 279 g/mol. The van der Waals surface area contributed by atoms with Gasteiger partial charge in [-0.05, 0) is 36.6 Å². The Bertz CT molecular complexity index is 453. The first kappa shape index (κ1) is 16.0. The summed E-state index contributed by atoms with van der Waals surface area (Å²) in [6.07, 6.45) is 0.536. The van der Waals surface area contributed by atoms with Gasteiger partial charge in [0.2, 0.25) is 0 Å². The number of carbonyl (C=O) groups excluding carboxylic acids is 2. The highest BCUT2D eigenvalue weighted by Gasteiger charge is 2.23. The Labute approximate surface area is 119 Å². The summed E-state index contributed by atoms with van der Waals surface area (Å²) in [5.74, 6) is 0.216. The SMILES string of the molecule is COC(=O)[C@@H](CC(C)C)NC(=O)c1ccc(OC)cc1. The lowest BCUT2D eigenvalue weighted by Gasteiger charge is -2.18. The molecular formula is C15H21NO4. The van der Waals surface area contributed by atoms with E-state index in [2.05, 4.69) is 5.32 Å². The molecule has 5 nitrogen and oxygen atoms in total. The second-order valence-electron chi connectivity index (χ2n) is 4.91. The van der Waals surface area contributed by atoms with E-state index in [-0.39, 0.29) is 11.8 Å². The zero-order chi connectivity index (χ0) is 15.1. The molecule has 0 aliphatic rings. The van der Waals surface area contributed by atoms with Crippen LogP contribution in [0.15, 0.2) is 24.3 Å². The molecule has 1 N–H and O–H groups in total. The van der Waals surface area contributed by atoms with Crippen molar-refractivity contribution < 1.29 is 19.1 Å². The molecule has 0 bridgehead atoms. The summed E-state index contributed by atoms with van der Waals surface area (Å²) in [4.78, 5) is 23.8. The van der Waals surface area contributed by atoms with Gasteiger partial charge in [0.15, 0.2) is 0 Å². The first-order chi connectivity index (χ1) is 9.47. The summed E-state index contributed by atoms with van der Waals surface area (Å²) < 4.78 is 9.75. The number of benzene rings is 1. The van der Waals surface area contributed by atoms with Gasteiger partial charge in [0, 0.05) is 5.56 Å². The van der Waals surface area contributed by atoms with Crippen molar-refractivity contribution in [3.05, 3.63) is 29.8 Å². The molecule has 1 rings (SSSR count). The second-order valence-corrected chi connectivity index (χ2v) is 4.91. The highest BCUT2D eigenvalue weighted by molar-refractivity contribution is 5.96. The third-order valence-corrected chi connectivity index (χ3v) is 2.85. The molecule has 0 aliphatic heterocycles. The van der Waals surface area contributed by atoms with Crippen molar-refractivity contribution in [3.63, 3.8) is 0 Å². The lowest BCUT2D eigenvalue weighted by atomic mass is 10.0. The standard InChI is InChI=1S/C15H21NO4/c1-10(2)9-13(15(18)20-4)16-14(17)11-5-7-12(19-3)8-6-11/h5-8,10,13H,9H2,1-4H3,(H,16,17)/t13-/m1/s1. The first-order valence-electron chi connectivity index (χ1n) is 6.50. The number of rotatable bonds is 6. The van der Waals surface area contributed by atoms with Gasteiger partial charge in [-0.15, -0.1) is 0 Å². The molecule has 1 aromatic carbocycles. The van der Waals surface area contributed by atoms with Crippen LogP contribution in [0.1, 0.15) is 30.6 Å². The highest BCUT2D eigenvalue weighted by Crippen LogP contribution is 2.12. The fourth-order valence-electron chi connectivity index (χ4n) is 1.81. The van der Waals surface area contributed by atoms with Crippen LogP contribution in [0.2, 0.25) is 0 Å². The maximum absolute atomic E-state index is 12.1. The Hall–Kier alpha value is -2.04. The predicted molar refractivity (Wildman–Crippen MR) is 75.7 cm³/mol. The van der Waals surface area contributed by atoms with Crippen molar-refractivity contribution in [1.82, 2.24) is 5.32 Å². The molecule has 1 amide bonds. The van der Waals surface area contributed by atoms with Crippen LogP contribution < -0.4 is 10.1 Å². The number of hydrogen-bond acceptors (Lipinski definition) is 4. The lowest BCUT2D eigenvalue weighted by molar-refractivity contribution is -0.143. The molecule has 0 unspecified atom stereocenters. The van der Waals surface area contributed by atoms with Crippen LogP contribution in [0.5, 0.6) is 5.75 Å². The lowest BCUT2D eigenvalue weighted by Crippen LogP contribution is -2.42. The van der Waals surface area contributed by atoms with Crippen molar-refractivity contribution in [1.29, 1.82) is 0 Å². The van der Waals surface area contributed by atoms with E-state index in [1.807, 2.05) is 13.8 Å².